The van der Waals surface area contributed by atoms with Gasteiger partial charge in [-0.05, 0) is 36.8 Å². The molecule has 3 rings (SSSR count). The first-order valence-electron chi connectivity index (χ1n) is 7.86. The topological polar surface area (TPSA) is 78.5 Å². The second-order valence-corrected chi connectivity index (χ2v) is 6.13. The van der Waals surface area contributed by atoms with Crippen LogP contribution in [0.4, 0.5) is 23.7 Å². The van der Waals surface area contributed by atoms with E-state index in [-0.39, 0.29) is 5.69 Å². The van der Waals surface area contributed by atoms with E-state index in [1.165, 1.54) is 19.1 Å². The number of nitrogens with one attached hydrogen (secondary N) is 2. The Hall–Kier alpha value is -3.36. The highest BCUT2D eigenvalue weighted by Gasteiger charge is 2.49. The number of carbonyl (C=O) groups excluding carboxylic acids is 3. The van der Waals surface area contributed by atoms with Gasteiger partial charge in [0.1, 0.15) is 29.5 Å². The molecule has 2 N–H and O–H groups in total. The van der Waals surface area contributed by atoms with E-state index in [2.05, 4.69) is 10.6 Å². The van der Waals surface area contributed by atoms with E-state index in [0.717, 1.165) is 24.3 Å². The van der Waals surface area contributed by atoms with Crippen molar-refractivity contribution in [3.63, 3.8) is 0 Å². The highest BCUT2D eigenvalue weighted by atomic mass is 19.1. The van der Waals surface area contributed by atoms with Crippen LogP contribution in [-0.2, 0) is 15.1 Å². The molecule has 0 radical (unpaired) electrons. The van der Waals surface area contributed by atoms with Crippen LogP contribution in [0.25, 0.3) is 0 Å². The van der Waals surface area contributed by atoms with E-state index in [1.54, 1.807) is 0 Å². The molecular formula is C18H14F3N3O3. The highest BCUT2D eigenvalue weighted by Crippen LogP contribution is 2.29. The number of nitrogens with zero attached hydrogens (tertiary/aromatic N) is 1. The Morgan fingerprint density at radius 1 is 1.07 bits per heavy atom. The molecule has 1 fully saturated rings. The van der Waals surface area contributed by atoms with E-state index in [4.69, 9.17) is 0 Å². The van der Waals surface area contributed by atoms with E-state index in [1.807, 2.05) is 0 Å². The lowest BCUT2D eigenvalue weighted by molar-refractivity contribution is -0.133. The molecule has 1 aliphatic rings. The number of hydrogen-bond acceptors (Lipinski definition) is 3. The van der Waals surface area contributed by atoms with Crippen molar-refractivity contribution in [3.05, 3.63) is 65.5 Å². The van der Waals surface area contributed by atoms with Crippen LogP contribution in [0.3, 0.4) is 0 Å². The monoisotopic (exact) mass is 377 g/mol. The van der Waals surface area contributed by atoms with Gasteiger partial charge in [0.15, 0.2) is 0 Å². The maximum Gasteiger partial charge on any atom is 0.325 e. The van der Waals surface area contributed by atoms with Gasteiger partial charge >= 0.3 is 6.03 Å². The molecule has 0 bridgehead atoms. The van der Waals surface area contributed by atoms with Crippen LogP contribution in [-0.4, -0.2) is 29.3 Å². The SMILES string of the molecule is CC1(c2ccc(F)cc2)NC(=O)N(CC(=O)Nc2ccc(F)cc2F)C1=O. The fourth-order valence-electron chi connectivity index (χ4n) is 2.74. The molecule has 1 saturated heterocycles. The molecule has 1 atom stereocenters. The second-order valence-electron chi connectivity index (χ2n) is 6.13. The van der Waals surface area contributed by atoms with Gasteiger partial charge in [-0.3, -0.25) is 14.5 Å². The molecule has 140 valence electrons. The number of amides is 4. The first kappa shape index (κ1) is 18.4. The van der Waals surface area contributed by atoms with Crippen molar-refractivity contribution >= 4 is 23.5 Å². The lowest BCUT2D eigenvalue weighted by atomic mass is 9.92. The number of carbonyl (C=O) groups is 3. The van der Waals surface area contributed by atoms with Crippen LogP contribution in [0.5, 0.6) is 0 Å². The Morgan fingerprint density at radius 3 is 2.33 bits per heavy atom. The molecular weight excluding hydrogens is 363 g/mol. The molecule has 9 heteroatoms. The minimum atomic E-state index is -1.47. The summed E-state index contributed by atoms with van der Waals surface area (Å²) in [6.45, 7) is 0.760. The summed E-state index contributed by atoms with van der Waals surface area (Å²) in [7, 11) is 0. The minimum absolute atomic E-state index is 0.283. The number of rotatable bonds is 4. The van der Waals surface area contributed by atoms with Crippen LogP contribution >= 0.6 is 0 Å². The highest BCUT2D eigenvalue weighted by molar-refractivity contribution is 6.10. The Labute approximate surface area is 152 Å². The number of halogens is 3. The summed E-state index contributed by atoms with van der Waals surface area (Å²) in [5.41, 5.74) is -1.41. The molecule has 0 saturated carbocycles. The summed E-state index contributed by atoms with van der Waals surface area (Å²) in [4.78, 5) is 37.6. The summed E-state index contributed by atoms with van der Waals surface area (Å²) in [6, 6.07) is 6.75. The van der Waals surface area contributed by atoms with E-state index < -0.39 is 47.4 Å². The van der Waals surface area contributed by atoms with E-state index in [0.29, 0.717) is 16.5 Å². The van der Waals surface area contributed by atoms with Gasteiger partial charge in [0, 0.05) is 6.07 Å². The number of urea groups is 1. The van der Waals surface area contributed by atoms with Gasteiger partial charge < -0.3 is 10.6 Å². The van der Waals surface area contributed by atoms with Gasteiger partial charge in [-0.25, -0.2) is 18.0 Å². The predicted molar refractivity (Wildman–Crippen MR) is 89.0 cm³/mol. The normalized spacial score (nSPS) is 19.2. The molecule has 2 aromatic rings. The van der Waals surface area contributed by atoms with Crippen molar-refractivity contribution in [3.8, 4) is 0 Å². The molecule has 0 aliphatic carbocycles. The fraction of sp³-hybridized carbons (Fsp3) is 0.167. The van der Waals surface area contributed by atoms with E-state index >= 15 is 0 Å². The van der Waals surface area contributed by atoms with Crippen molar-refractivity contribution < 1.29 is 27.6 Å². The zero-order valence-electron chi connectivity index (χ0n) is 14.1. The molecule has 1 unspecified atom stereocenters. The Kier molecular flexibility index (Phi) is 4.61. The smallest absolute Gasteiger partial charge is 0.322 e. The van der Waals surface area contributed by atoms with Crippen molar-refractivity contribution in [2.24, 2.45) is 0 Å². The quantitative estimate of drug-likeness (QED) is 0.804. The van der Waals surface area contributed by atoms with Crippen LogP contribution in [0.1, 0.15) is 12.5 Å². The number of anilines is 1. The molecule has 1 aliphatic heterocycles. The van der Waals surface area contributed by atoms with Crippen LogP contribution < -0.4 is 10.6 Å². The van der Waals surface area contributed by atoms with Gasteiger partial charge in [0.05, 0.1) is 5.69 Å². The Bertz CT molecular complexity index is 933. The number of benzene rings is 2. The lowest BCUT2D eigenvalue weighted by Crippen LogP contribution is -2.42. The maximum atomic E-state index is 13.6. The Balaban J connectivity index is 1.75. The minimum Gasteiger partial charge on any atom is -0.322 e. The van der Waals surface area contributed by atoms with Crippen molar-refractivity contribution in [1.29, 1.82) is 0 Å². The van der Waals surface area contributed by atoms with Crippen molar-refractivity contribution in [2.45, 2.75) is 12.5 Å². The summed E-state index contributed by atoms with van der Waals surface area (Å²) in [6.07, 6.45) is 0. The summed E-state index contributed by atoms with van der Waals surface area (Å²) in [5.74, 6) is -3.86. The van der Waals surface area contributed by atoms with Crippen LogP contribution in [0.2, 0.25) is 0 Å². The molecule has 6 nitrogen and oxygen atoms in total. The Morgan fingerprint density at radius 2 is 1.70 bits per heavy atom. The third-order valence-corrected chi connectivity index (χ3v) is 4.20. The number of imide groups is 1. The lowest BCUT2D eigenvalue weighted by Gasteiger charge is -2.22. The fourth-order valence-corrected chi connectivity index (χ4v) is 2.74. The summed E-state index contributed by atoms with van der Waals surface area (Å²) < 4.78 is 39.6. The first-order valence-corrected chi connectivity index (χ1v) is 7.86. The van der Waals surface area contributed by atoms with Crippen LogP contribution in [0, 0.1) is 17.5 Å². The average molecular weight is 377 g/mol. The average Bonchev–Trinajstić information content (AvgIpc) is 2.82. The van der Waals surface area contributed by atoms with Crippen molar-refractivity contribution in [2.75, 3.05) is 11.9 Å². The molecule has 0 spiro atoms. The third kappa shape index (κ3) is 3.48. The first-order chi connectivity index (χ1) is 12.7. The second kappa shape index (κ2) is 6.75. The van der Waals surface area contributed by atoms with Gasteiger partial charge in [-0.15, -0.1) is 0 Å². The van der Waals surface area contributed by atoms with Gasteiger partial charge in [0.2, 0.25) is 5.91 Å². The van der Waals surface area contributed by atoms with Crippen LogP contribution in [0.15, 0.2) is 42.5 Å². The van der Waals surface area contributed by atoms with E-state index in [9.17, 15) is 27.6 Å². The number of hydrogen-bond donors (Lipinski definition) is 2. The van der Waals surface area contributed by atoms with Crippen molar-refractivity contribution in [1.82, 2.24) is 10.2 Å². The predicted octanol–water partition coefficient (Wildman–Crippen LogP) is 2.51. The van der Waals surface area contributed by atoms with Gasteiger partial charge in [0.25, 0.3) is 5.91 Å². The molecule has 27 heavy (non-hydrogen) atoms. The summed E-state index contributed by atoms with van der Waals surface area (Å²) >= 11 is 0. The zero-order valence-corrected chi connectivity index (χ0v) is 14.1. The van der Waals surface area contributed by atoms with Gasteiger partial charge in [-0.2, -0.15) is 0 Å². The zero-order chi connectivity index (χ0) is 19.8. The molecule has 1 heterocycles. The largest absolute Gasteiger partial charge is 0.325 e. The molecule has 0 aromatic heterocycles. The maximum absolute atomic E-state index is 13.6. The third-order valence-electron chi connectivity index (χ3n) is 4.20. The summed E-state index contributed by atoms with van der Waals surface area (Å²) in [5, 5.41) is 4.64. The standard InChI is InChI=1S/C18H14F3N3O3/c1-18(10-2-4-11(19)5-3-10)16(26)24(17(27)23-18)9-15(25)22-14-7-6-12(20)8-13(14)21/h2-8H,9H2,1H3,(H,22,25)(H,23,27). The van der Waals surface area contributed by atoms with Gasteiger partial charge in [-0.1, -0.05) is 12.1 Å². The molecule has 2 aromatic carbocycles. The molecule has 4 amide bonds.